The van der Waals surface area contributed by atoms with Crippen LogP contribution in [0.1, 0.15) is 26.3 Å². The van der Waals surface area contributed by atoms with Gasteiger partial charge >= 0.3 is 6.09 Å². The van der Waals surface area contributed by atoms with Crippen molar-refractivity contribution < 1.29 is 18.7 Å². The summed E-state index contributed by atoms with van der Waals surface area (Å²) >= 11 is 3.45. The molecule has 0 radical (unpaired) electrons. The second-order valence-corrected chi connectivity index (χ2v) is 9.23. The fraction of sp³-hybridized carbons (Fsp3) is 0.217. The van der Waals surface area contributed by atoms with Crippen molar-refractivity contribution in [3.63, 3.8) is 0 Å². The van der Waals surface area contributed by atoms with Crippen LogP contribution in [0.2, 0.25) is 0 Å². The Hall–Kier alpha value is -3.53. The third kappa shape index (κ3) is 5.11. The normalized spacial score (nSPS) is 11.5. The Kier molecular flexibility index (Phi) is 6.03. The van der Waals surface area contributed by atoms with E-state index < -0.39 is 11.7 Å². The Bertz CT molecular complexity index is 1320. The van der Waals surface area contributed by atoms with Gasteiger partial charge in [-0.1, -0.05) is 0 Å². The zero-order chi connectivity index (χ0) is 23.8. The standard InChI is InChI=1S/C23H21BrFN5O3/c1-23(2,3)33-22(31)29(14-15-5-4-10-28(32)13-15)20-11-19(16-6-8-17(25)9-7-16)27-21-18(24)12-26-30(20)21/h4-13H,14H2,1-3H3. The fourth-order valence-electron chi connectivity index (χ4n) is 3.21. The second kappa shape index (κ2) is 8.78. The van der Waals surface area contributed by atoms with Gasteiger partial charge in [0, 0.05) is 23.3 Å². The Morgan fingerprint density at radius 2 is 2.00 bits per heavy atom. The molecule has 4 aromatic rings. The number of ether oxygens (including phenoxy) is 1. The van der Waals surface area contributed by atoms with Gasteiger partial charge in [0.1, 0.15) is 17.2 Å². The van der Waals surface area contributed by atoms with Crippen LogP contribution in [0.5, 0.6) is 0 Å². The Labute approximate surface area is 198 Å². The van der Waals surface area contributed by atoms with E-state index >= 15 is 0 Å². The highest BCUT2D eigenvalue weighted by Crippen LogP contribution is 2.29. The van der Waals surface area contributed by atoms with Crippen molar-refractivity contribution in [1.82, 2.24) is 14.6 Å². The Morgan fingerprint density at radius 1 is 1.27 bits per heavy atom. The van der Waals surface area contributed by atoms with E-state index in [4.69, 9.17) is 4.74 Å². The van der Waals surface area contributed by atoms with E-state index in [9.17, 15) is 14.4 Å². The van der Waals surface area contributed by atoms with Gasteiger partial charge in [0.05, 0.1) is 22.9 Å². The van der Waals surface area contributed by atoms with Crippen molar-refractivity contribution in [1.29, 1.82) is 0 Å². The lowest BCUT2D eigenvalue weighted by molar-refractivity contribution is -0.605. The Morgan fingerprint density at radius 3 is 2.67 bits per heavy atom. The largest absolute Gasteiger partial charge is 0.619 e. The molecule has 0 bridgehead atoms. The van der Waals surface area contributed by atoms with E-state index in [0.717, 1.165) is 0 Å². The maximum atomic E-state index is 13.5. The van der Waals surface area contributed by atoms with Crippen LogP contribution >= 0.6 is 15.9 Å². The minimum Gasteiger partial charge on any atom is -0.619 e. The molecule has 0 N–H and O–H groups in total. The van der Waals surface area contributed by atoms with Crippen LogP contribution in [-0.2, 0) is 11.3 Å². The van der Waals surface area contributed by atoms with E-state index in [2.05, 4.69) is 26.0 Å². The summed E-state index contributed by atoms with van der Waals surface area (Å²) in [6.45, 7) is 5.37. The zero-order valence-corrected chi connectivity index (χ0v) is 19.8. The van der Waals surface area contributed by atoms with Crippen LogP contribution in [-0.4, -0.2) is 26.3 Å². The number of aromatic nitrogens is 4. The molecule has 4 rings (SSSR count). The number of hydrogen-bond donors (Lipinski definition) is 0. The number of rotatable bonds is 4. The quantitative estimate of drug-likeness (QED) is 0.287. The number of benzene rings is 1. The van der Waals surface area contributed by atoms with Gasteiger partial charge in [-0.15, -0.1) is 0 Å². The number of amides is 1. The number of halogens is 2. The highest BCUT2D eigenvalue weighted by Gasteiger charge is 2.27. The highest BCUT2D eigenvalue weighted by atomic mass is 79.9. The average Bonchev–Trinajstić information content (AvgIpc) is 3.12. The topological polar surface area (TPSA) is 86.7 Å². The average molecular weight is 514 g/mol. The molecule has 33 heavy (non-hydrogen) atoms. The van der Waals surface area contributed by atoms with Gasteiger partial charge in [0.15, 0.2) is 18.0 Å². The molecule has 0 saturated heterocycles. The number of hydrogen-bond acceptors (Lipinski definition) is 5. The summed E-state index contributed by atoms with van der Waals surface area (Å²) in [5.41, 5.74) is 1.49. The van der Waals surface area contributed by atoms with Crippen molar-refractivity contribution in [2.45, 2.75) is 32.9 Å². The van der Waals surface area contributed by atoms with Gasteiger partial charge in [0.25, 0.3) is 0 Å². The summed E-state index contributed by atoms with van der Waals surface area (Å²) in [4.78, 5) is 19.3. The van der Waals surface area contributed by atoms with Crippen molar-refractivity contribution in [3.8, 4) is 11.3 Å². The molecule has 8 nitrogen and oxygen atoms in total. The smallest absolute Gasteiger partial charge is 0.416 e. The van der Waals surface area contributed by atoms with E-state index in [1.54, 1.807) is 57.3 Å². The zero-order valence-electron chi connectivity index (χ0n) is 18.2. The summed E-state index contributed by atoms with van der Waals surface area (Å²) in [5.74, 6) is 0.0107. The van der Waals surface area contributed by atoms with Crippen LogP contribution in [0.4, 0.5) is 15.0 Å². The SMILES string of the molecule is CC(C)(C)OC(=O)N(Cc1ccc[n+]([O-])c1)c1cc(-c2ccc(F)cc2)nc2c(Br)cnn12. The van der Waals surface area contributed by atoms with Crippen molar-refractivity contribution in [2.75, 3.05) is 4.90 Å². The van der Waals surface area contributed by atoms with Crippen LogP contribution in [0.3, 0.4) is 0 Å². The summed E-state index contributed by atoms with van der Waals surface area (Å²) in [6, 6.07) is 10.9. The molecule has 0 atom stereocenters. The number of fused-ring (bicyclic) bond motifs is 1. The molecular formula is C23H21BrFN5O3. The first-order valence-electron chi connectivity index (χ1n) is 10.1. The summed E-state index contributed by atoms with van der Waals surface area (Å²) in [6.07, 6.45) is 3.70. The van der Waals surface area contributed by atoms with Crippen molar-refractivity contribution in [2.24, 2.45) is 0 Å². The minimum absolute atomic E-state index is 0.0530. The summed E-state index contributed by atoms with van der Waals surface area (Å²) in [7, 11) is 0. The number of anilines is 1. The lowest BCUT2D eigenvalue weighted by atomic mass is 10.1. The van der Waals surface area contributed by atoms with Crippen LogP contribution < -0.4 is 9.63 Å². The van der Waals surface area contributed by atoms with Crippen LogP contribution in [0.15, 0.2) is 65.5 Å². The predicted molar refractivity (Wildman–Crippen MR) is 124 cm³/mol. The molecule has 0 unspecified atom stereocenters. The highest BCUT2D eigenvalue weighted by molar-refractivity contribution is 9.10. The summed E-state index contributed by atoms with van der Waals surface area (Å²) in [5, 5.41) is 16.2. The van der Waals surface area contributed by atoms with Gasteiger partial charge in [-0.05, 0) is 67.0 Å². The van der Waals surface area contributed by atoms with E-state index in [-0.39, 0.29) is 12.4 Å². The predicted octanol–water partition coefficient (Wildman–Crippen LogP) is 4.87. The molecule has 0 aliphatic heterocycles. The molecule has 1 amide bonds. The fourth-order valence-corrected chi connectivity index (χ4v) is 3.56. The molecular weight excluding hydrogens is 493 g/mol. The molecule has 170 valence electrons. The maximum absolute atomic E-state index is 13.5. The molecule has 3 heterocycles. The first-order chi connectivity index (χ1) is 15.6. The van der Waals surface area contributed by atoms with Crippen molar-refractivity contribution in [3.05, 3.63) is 82.1 Å². The van der Waals surface area contributed by atoms with Crippen LogP contribution in [0.25, 0.3) is 16.9 Å². The molecule has 0 saturated carbocycles. The Balaban J connectivity index is 1.89. The van der Waals surface area contributed by atoms with Gasteiger partial charge < -0.3 is 9.94 Å². The van der Waals surface area contributed by atoms with E-state index in [0.29, 0.717) is 37.5 Å². The second-order valence-electron chi connectivity index (χ2n) is 8.37. The molecule has 0 spiro atoms. The van der Waals surface area contributed by atoms with E-state index in [1.165, 1.54) is 33.9 Å². The molecule has 0 fully saturated rings. The third-order valence-corrected chi connectivity index (χ3v) is 5.18. The molecule has 0 aliphatic carbocycles. The molecule has 3 aromatic heterocycles. The minimum atomic E-state index is -0.749. The third-order valence-electron chi connectivity index (χ3n) is 4.62. The van der Waals surface area contributed by atoms with Crippen molar-refractivity contribution >= 4 is 33.5 Å². The van der Waals surface area contributed by atoms with Crippen LogP contribution in [0, 0.1) is 11.0 Å². The molecule has 0 aliphatic rings. The van der Waals surface area contributed by atoms with Gasteiger partial charge in [0.2, 0.25) is 0 Å². The number of carbonyl (C=O) groups is 1. The first kappa shape index (κ1) is 22.7. The van der Waals surface area contributed by atoms with Gasteiger partial charge in [-0.25, -0.2) is 14.2 Å². The number of nitrogens with zero attached hydrogens (tertiary/aromatic N) is 5. The molecule has 1 aromatic carbocycles. The maximum Gasteiger partial charge on any atom is 0.416 e. The number of pyridine rings is 1. The first-order valence-corrected chi connectivity index (χ1v) is 10.9. The van der Waals surface area contributed by atoms with Gasteiger partial charge in [-0.3, -0.25) is 4.90 Å². The monoisotopic (exact) mass is 513 g/mol. The van der Waals surface area contributed by atoms with E-state index in [1.807, 2.05) is 0 Å². The number of carbonyl (C=O) groups excluding carboxylic acids is 1. The lowest BCUT2D eigenvalue weighted by Gasteiger charge is -2.27. The molecule has 10 heteroatoms. The van der Waals surface area contributed by atoms with Gasteiger partial charge in [-0.2, -0.15) is 14.3 Å². The lowest BCUT2D eigenvalue weighted by Crippen LogP contribution is -2.38. The summed E-state index contributed by atoms with van der Waals surface area (Å²) < 4.78 is 21.9.